The highest BCUT2D eigenvalue weighted by atomic mass is 79.9. The van der Waals surface area contributed by atoms with Gasteiger partial charge in [0.15, 0.2) is 0 Å². The van der Waals surface area contributed by atoms with E-state index in [1.54, 1.807) is 18.3 Å². The highest BCUT2D eigenvalue weighted by molar-refractivity contribution is 9.10. The van der Waals surface area contributed by atoms with E-state index in [9.17, 15) is 14.7 Å². The van der Waals surface area contributed by atoms with Gasteiger partial charge in [0.2, 0.25) is 11.8 Å². The number of aromatic hydroxyl groups is 1. The summed E-state index contributed by atoms with van der Waals surface area (Å²) in [6, 6.07) is 28.5. The average molecular weight is 677 g/mol. The van der Waals surface area contributed by atoms with Crippen LogP contribution >= 0.6 is 15.9 Å². The molecule has 1 aliphatic carbocycles. The molecule has 232 valence electrons. The lowest BCUT2D eigenvalue weighted by Crippen LogP contribution is -2.34. The van der Waals surface area contributed by atoms with Crippen molar-refractivity contribution < 1.29 is 19.4 Å². The van der Waals surface area contributed by atoms with Crippen molar-refractivity contribution >= 4 is 56.5 Å². The normalized spacial score (nSPS) is 22.7. The second-order valence-corrected chi connectivity index (χ2v) is 13.1. The number of hydrogen-bond donors (Lipinski definition) is 2. The van der Waals surface area contributed by atoms with Gasteiger partial charge in [-0.05, 0) is 110 Å². The van der Waals surface area contributed by atoms with Crippen LogP contribution in [0.3, 0.4) is 0 Å². The third-order valence-corrected chi connectivity index (χ3v) is 9.82. The predicted molar refractivity (Wildman–Crippen MR) is 183 cm³/mol. The fourth-order valence-electron chi connectivity index (χ4n) is 7.21. The number of para-hydroxylation sites is 1. The Hall–Kier alpha value is -4.53. The van der Waals surface area contributed by atoms with E-state index < -0.39 is 5.92 Å². The van der Waals surface area contributed by atoms with Crippen LogP contribution < -0.4 is 10.2 Å². The van der Waals surface area contributed by atoms with Gasteiger partial charge in [-0.15, -0.1) is 0 Å². The number of imide groups is 1. The summed E-state index contributed by atoms with van der Waals surface area (Å²) in [4.78, 5) is 33.7. The van der Waals surface area contributed by atoms with Gasteiger partial charge in [0.25, 0.3) is 0 Å². The van der Waals surface area contributed by atoms with Gasteiger partial charge in [-0.2, -0.15) is 0 Å². The van der Waals surface area contributed by atoms with Crippen molar-refractivity contribution in [3.8, 4) is 5.75 Å². The van der Waals surface area contributed by atoms with Crippen molar-refractivity contribution in [2.75, 3.05) is 16.8 Å². The minimum absolute atomic E-state index is 0.124. The van der Waals surface area contributed by atoms with Crippen LogP contribution in [0.5, 0.6) is 5.75 Å². The molecule has 7 rings (SSSR count). The maximum absolute atomic E-state index is 14.0. The van der Waals surface area contributed by atoms with Gasteiger partial charge in [-0.3, -0.25) is 19.5 Å². The molecule has 3 heterocycles. The number of phenols is 1. The molecule has 4 atom stereocenters. The topological polar surface area (TPSA) is 91.8 Å². The van der Waals surface area contributed by atoms with Crippen LogP contribution in [-0.2, 0) is 14.3 Å². The van der Waals surface area contributed by atoms with Crippen LogP contribution in [0.1, 0.15) is 37.4 Å². The SMILES string of the molecule is CC1=C2[C@@H](CC/C(=C/c3cc(Br)ccc3O)c3ccccn3)OC[C@@H]2[C@@H]2C(=O)N(c3ccc(Nc4ccccc4)cc3)C(=O)[C@@H]2C1. The van der Waals surface area contributed by atoms with Gasteiger partial charge in [0, 0.05) is 33.5 Å². The molecule has 2 N–H and O–H groups in total. The van der Waals surface area contributed by atoms with E-state index in [0.29, 0.717) is 37.1 Å². The van der Waals surface area contributed by atoms with Crippen LogP contribution in [-0.4, -0.2) is 34.6 Å². The molecule has 46 heavy (non-hydrogen) atoms. The van der Waals surface area contributed by atoms with E-state index >= 15 is 0 Å². The second-order valence-electron chi connectivity index (χ2n) is 12.2. The maximum atomic E-state index is 14.0. The summed E-state index contributed by atoms with van der Waals surface area (Å²) in [6.45, 7) is 2.50. The minimum atomic E-state index is -0.428. The van der Waals surface area contributed by atoms with E-state index in [4.69, 9.17) is 4.74 Å². The number of carbonyl (C=O) groups is 2. The quantitative estimate of drug-likeness (QED) is 0.145. The molecular weight excluding hydrogens is 642 g/mol. The molecule has 3 aromatic carbocycles. The number of ether oxygens (including phenoxy) is 1. The number of aromatic nitrogens is 1. The van der Waals surface area contributed by atoms with Gasteiger partial charge in [-0.1, -0.05) is 45.8 Å². The Bertz CT molecular complexity index is 1840. The molecule has 2 fully saturated rings. The van der Waals surface area contributed by atoms with Gasteiger partial charge in [-0.25, -0.2) is 0 Å². The molecule has 0 spiro atoms. The zero-order chi connectivity index (χ0) is 31.8. The molecule has 8 heteroatoms. The molecule has 0 bridgehead atoms. The van der Waals surface area contributed by atoms with E-state index in [1.807, 2.05) is 84.9 Å². The van der Waals surface area contributed by atoms with E-state index in [0.717, 1.165) is 38.3 Å². The lowest BCUT2D eigenvalue weighted by atomic mass is 9.70. The highest BCUT2D eigenvalue weighted by Crippen LogP contribution is 2.50. The summed E-state index contributed by atoms with van der Waals surface area (Å²) in [6.07, 6.45) is 5.49. The number of anilines is 3. The van der Waals surface area contributed by atoms with E-state index in [-0.39, 0.29) is 35.5 Å². The van der Waals surface area contributed by atoms with Crippen LogP contribution in [0, 0.1) is 17.8 Å². The Labute approximate surface area is 276 Å². The van der Waals surface area contributed by atoms with Crippen LogP contribution in [0.25, 0.3) is 11.6 Å². The molecule has 2 amide bonds. The number of pyridine rings is 1. The molecule has 4 aromatic rings. The fraction of sp³-hybridized carbons (Fsp3) is 0.237. The number of halogens is 1. The van der Waals surface area contributed by atoms with E-state index in [1.165, 1.54) is 4.90 Å². The highest BCUT2D eigenvalue weighted by Gasteiger charge is 2.56. The number of hydrogen-bond acceptors (Lipinski definition) is 6. The van der Waals surface area contributed by atoms with Crippen molar-refractivity contribution in [2.45, 2.75) is 32.3 Å². The number of carbonyl (C=O) groups excluding carboxylic acids is 2. The first-order valence-corrected chi connectivity index (χ1v) is 16.4. The molecule has 1 aromatic heterocycles. The molecule has 3 aliphatic rings. The number of phenolic OH excluding ortho intramolecular Hbond substituents is 1. The predicted octanol–water partition coefficient (Wildman–Crippen LogP) is 8.16. The fourth-order valence-corrected chi connectivity index (χ4v) is 7.59. The van der Waals surface area contributed by atoms with Gasteiger partial charge in [0.05, 0.1) is 35.9 Å². The summed E-state index contributed by atoms with van der Waals surface area (Å²) < 4.78 is 7.28. The van der Waals surface area contributed by atoms with Crippen molar-refractivity contribution in [1.29, 1.82) is 0 Å². The van der Waals surface area contributed by atoms with Crippen molar-refractivity contribution in [3.63, 3.8) is 0 Å². The van der Waals surface area contributed by atoms with Gasteiger partial charge < -0.3 is 15.2 Å². The first-order valence-electron chi connectivity index (χ1n) is 15.6. The van der Waals surface area contributed by atoms with Crippen molar-refractivity contribution in [2.24, 2.45) is 17.8 Å². The lowest BCUT2D eigenvalue weighted by molar-refractivity contribution is -0.122. The summed E-state index contributed by atoms with van der Waals surface area (Å²) in [7, 11) is 0. The van der Waals surface area contributed by atoms with Crippen LogP contribution in [0.2, 0.25) is 0 Å². The molecule has 0 saturated carbocycles. The number of allylic oxidation sites excluding steroid dienone is 2. The third-order valence-electron chi connectivity index (χ3n) is 9.33. The zero-order valence-corrected chi connectivity index (χ0v) is 27.0. The van der Waals surface area contributed by atoms with Crippen LogP contribution in [0.4, 0.5) is 17.1 Å². The van der Waals surface area contributed by atoms with Crippen LogP contribution in [0.15, 0.2) is 113 Å². The largest absolute Gasteiger partial charge is 0.507 e. The number of benzene rings is 3. The Balaban J connectivity index is 1.09. The second kappa shape index (κ2) is 12.7. The Kier molecular flexibility index (Phi) is 8.32. The first kappa shape index (κ1) is 30.1. The Morgan fingerprint density at radius 3 is 2.50 bits per heavy atom. The standard InChI is InChI=1S/C38H34BrN3O4/c1-23-19-30-36(38(45)42(37(30)44)29-14-12-28(13-15-29)41-27-7-3-2-4-8-27)31-22-46-34(35(23)31)17-10-24(32-9-5-6-18-40-32)20-25-21-26(39)11-16-33(25)43/h2-9,11-16,18,20-21,30-31,34,36,41,43H,10,17,19,22H2,1H3/b24-20-/t30-,31+,34-,36-/m1/s1. The number of rotatable bonds is 8. The number of amides is 2. The van der Waals surface area contributed by atoms with Crippen molar-refractivity contribution in [3.05, 3.63) is 124 Å². The maximum Gasteiger partial charge on any atom is 0.238 e. The molecule has 0 radical (unpaired) electrons. The Morgan fingerprint density at radius 1 is 0.978 bits per heavy atom. The summed E-state index contributed by atoms with van der Waals surface area (Å²) >= 11 is 3.51. The minimum Gasteiger partial charge on any atom is -0.507 e. The summed E-state index contributed by atoms with van der Waals surface area (Å²) in [5.74, 6) is -1.01. The molecular formula is C38H34BrN3O4. The van der Waals surface area contributed by atoms with E-state index in [2.05, 4.69) is 33.2 Å². The molecule has 7 nitrogen and oxygen atoms in total. The Morgan fingerprint density at radius 2 is 1.74 bits per heavy atom. The number of nitrogens with zero attached hydrogens (tertiary/aromatic N) is 2. The molecule has 0 unspecified atom stereocenters. The molecule has 2 saturated heterocycles. The zero-order valence-electron chi connectivity index (χ0n) is 25.4. The number of nitrogens with one attached hydrogen (secondary N) is 1. The molecule has 2 aliphatic heterocycles. The van der Waals surface area contributed by atoms with Crippen molar-refractivity contribution in [1.82, 2.24) is 4.98 Å². The average Bonchev–Trinajstić information content (AvgIpc) is 3.60. The first-order chi connectivity index (χ1) is 22.4. The lowest BCUT2D eigenvalue weighted by Gasteiger charge is -2.30. The smallest absolute Gasteiger partial charge is 0.238 e. The summed E-state index contributed by atoms with van der Waals surface area (Å²) in [5, 5.41) is 13.9. The number of fused-ring (bicyclic) bond motifs is 3. The van der Waals surface area contributed by atoms with Gasteiger partial charge >= 0.3 is 0 Å². The summed E-state index contributed by atoms with van der Waals surface area (Å²) in [5.41, 5.74) is 7.28. The monoisotopic (exact) mass is 675 g/mol. The third kappa shape index (κ3) is 5.79. The van der Waals surface area contributed by atoms with Gasteiger partial charge in [0.1, 0.15) is 5.75 Å².